The fraction of sp³-hybridized carbons (Fsp3) is 0.286. The highest BCUT2D eigenvalue weighted by Crippen LogP contribution is 2.13. The number of furan rings is 1. The van der Waals surface area contributed by atoms with Gasteiger partial charge in [0.2, 0.25) is 5.09 Å². The molecule has 0 unspecified atom stereocenters. The molecule has 0 aliphatic carbocycles. The second-order valence-electron chi connectivity index (χ2n) is 4.49. The molecular weight excluding hydrogens is 295 g/mol. The van der Waals surface area contributed by atoms with Crippen molar-refractivity contribution in [3.05, 3.63) is 53.5 Å². The third kappa shape index (κ3) is 4.38. The lowest BCUT2D eigenvalue weighted by atomic mass is 10.1. The van der Waals surface area contributed by atoms with Crippen LogP contribution in [0, 0.1) is 5.82 Å². The molecule has 1 aromatic heterocycles. The van der Waals surface area contributed by atoms with Gasteiger partial charge >= 0.3 is 0 Å². The lowest BCUT2D eigenvalue weighted by Gasteiger charge is -2.03. The van der Waals surface area contributed by atoms with E-state index in [2.05, 4.69) is 10.0 Å². The van der Waals surface area contributed by atoms with Crippen LogP contribution in [0.5, 0.6) is 0 Å². The van der Waals surface area contributed by atoms with E-state index in [1.165, 1.54) is 25.2 Å². The monoisotopic (exact) mass is 312 g/mol. The molecule has 0 saturated heterocycles. The van der Waals surface area contributed by atoms with Crippen molar-refractivity contribution < 1.29 is 17.2 Å². The quantitative estimate of drug-likeness (QED) is 0.763. The number of rotatable bonds is 7. The Morgan fingerprint density at radius 2 is 2.05 bits per heavy atom. The third-order valence-corrected chi connectivity index (χ3v) is 4.24. The Morgan fingerprint density at radius 1 is 1.24 bits per heavy atom. The van der Waals surface area contributed by atoms with Crippen LogP contribution < -0.4 is 10.0 Å². The highest BCUT2D eigenvalue weighted by atomic mass is 32.2. The number of hydrogen-bond donors (Lipinski definition) is 2. The molecule has 1 heterocycles. The highest BCUT2D eigenvalue weighted by Gasteiger charge is 2.15. The predicted octanol–water partition coefficient (Wildman–Crippen LogP) is 1.66. The van der Waals surface area contributed by atoms with Crippen molar-refractivity contribution in [1.29, 1.82) is 0 Å². The standard InChI is InChI=1S/C14H17FN2O3S/c1-16-21(18,19)14-6-5-13(20-14)10-17-8-7-11-3-2-4-12(15)9-11/h2-6,9,16-17H,7-8,10H2,1H3. The second kappa shape index (κ2) is 6.84. The molecule has 0 bridgehead atoms. The molecule has 21 heavy (non-hydrogen) atoms. The smallest absolute Gasteiger partial charge is 0.273 e. The fourth-order valence-electron chi connectivity index (χ4n) is 1.84. The summed E-state index contributed by atoms with van der Waals surface area (Å²) < 4.78 is 43.4. The molecule has 2 N–H and O–H groups in total. The molecule has 0 saturated carbocycles. The summed E-state index contributed by atoms with van der Waals surface area (Å²) >= 11 is 0. The van der Waals surface area contributed by atoms with Gasteiger partial charge in [-0.15, -0.1) is 0 Å². The Bertz CT molecular complexity index is 698. The van der Waals surface area contributed by atoms with Gasteiger partial charge in [0.25, 0.3) is 10.0 Å². The van der Waals surface area contributed by atoms with Crippen LogP contribution in [0.4, 0.5) is 4.39 Å². The Labute approximate surface area is 123 Å². The van der Waals surface area contributed by atoms with Crippen molar-refractivity contribution >= 4 is 10.0 Å². The first-order valence-electron chi connectivity index (χ1n) is 6.49. The van der Waals surface area contributed by atoms with Gasteiger partial charge in [0, 0.05) is 0 Å². The van der Waals surface area contributed by atoms with Crippen LogP contribution in [0.15, 0.2) is 45.9 Å². The van der Waals surface area contributed by atoms with Crippen LogP contribution in [0.2, 0.25) is 0 Å². The van der Waals surface area contributed by atoms with E-state index in [1.807, 2.05) is 6.07 Å². The van der Waals surface area contributed by atoms with Gasteiger partial charge in [-0.1, -0.05) is 12.1 Å². The summed E-state index contributed by atoms with van der Waals surface area (Å²) in [6.07, 6.45) is 0.681. The van der Waals surface area contributed by atoms with E-state index in [4.69, 9.17) is 4.42 Å². The van der Waals surface area contributed by atoms with E-state index < -0.39 is 10.0 Å². The summed E-state index contributed by atoms with van der Waals surface area (Å²) in [5.74, 6) is 0.281. The van der Waals surface area contributed by atoms with E-state index >= 15 is 0 Å². The van der Waals surface area contributed by atoms with Crippen LogP contribution >= 0.6 is 0 Å². The van der Waals surface area contributed by atoms with E-state index in [-0.39, 0.29) is 10.9 Å². The number of sulfonamides is 1. The molecule has 0 aliphatic rings. The Kier molecular flexibility index (Phi) is 5.11. The molecule has 1 aromatic carbocycles. The molecule has 0 atom stereocenters. The van der Waals surface area contributed by atoms with Gasteiger partial charge in [0.1, 0.15) is 11.6 Å². The van der Waals surface area contributed by atoms with Gasteiger partial charge in [0.05, 0.1) is 6.54 Å². The molecular formula is C14H17FN2O3S. The summed E-state index contributed by atoms with van der Waals surface area (Å²) in [5.41, 5.74) is 0.903. The van der Waals surface area contributed by atoms with Gasteiger partial charge in [-0.2, -0.15) is 0 Å². The van der Waals surface area contributed by atoms with E-state index in [1.54, 1.807) is 12.1 Å². The molecule has 0 amide bonds. The minimum atomic E-state index is -3.54. The first kappa shape index (κ1) is 15.7. The number of hydrogen-bond acceptors (Lipinski definition) is 4. The van der Waals surface area contributed by atoms with Gasteiger partial charge in [0.15, 0.2) is 0 Å². The van der Waals surface area contributed by atoms with Gasteiger partial charge in [-0.3, -0.25) is 0 Å². The molecule has 2 aromatic rings. The molecule has 114 valence electrons. The van der Waals surface area contributed by atoms with Crippen molar-refractivity contribution in [2.75, 3.05) is 13.6 Å². The highest BCUT2D eigenvalue weighted by molar-refractivity contribution is 7.89. The zero-order valence-electron chi connectivity index (χ0n) is 11.6. The molecule has 2 rings (SSSR count). The van der Waals surface area contributed by atoms with Crippen LogP contribution in [-0.4, -0.2) is 22.0 Å². The van der Waals surface area contributed by atoms with Crippen molar-refractivity contribution in [2.45, 2.75) is 18.1 Å². The SMILES string of the molecule is CNS(=O)(=O)c1ccc(CNCCc2cccc(F)c2)o1. The Hall–Kier alpha value is -1.70. The lowest BCUT2D eigenvalue weighted by molar-refractivity contribution is 0.401. The van der Waals surface area contributed by atoms with Crippen LogP contribution in [0.3, 0.4) is 0 Å². The molecule has 0 radical (unpaired) electrons. The van der Waals surface area contributed by atoms with Gasteiger partial charge < -0.3 is 9.73 Å². The summed E-state index contributed by atoms with van der Waals surface area (Å²) in [6.45, 7) is 1.05. The molecule has 0 aliphatic heterocycles. The maximum atomic E-state index is 13.0. The first-order valence-corrected chi connectivity index (χ1v) is 7.97. The molecule has 0 spiro atoms. The zero-order chi connectivity index (χ0) is 15.3. The maximum Gasteiger partial charge on any atom is 0.273 e. The zero-order valence-corrected chi connectivity index (χ0v) is 12.4. The van der Waals surface area contributed by atoms with E-state index in [0.29, 0.717) is 25.3 Å². The molecule has 7 heteroatoms. The molecule has 0 fully saturated rings. The topological polar surface area (TPSA) is 71.3 Å². The molecule has 5 nitrogen and oxygen atoms in total. The number of nitrogens with one attached hydrogen (secondary N) is 2. The van der Waals surface area contributed by atoms with Crippen LogP contribution in [0.1, 0.15) is 11.3 Å². The van der Waals surface area contributed by atoms with Crippen LogP contribution in [0.25, 0.3) is 0 Å². The summed E-state index contributed by atoms with van der Waals surface area (Å²) in [7, 11) is -2.21. The number of halogens is 1. The summed E-state index contributed by atoms with van der Waals surface area (Å²) in [6, 6.07) is 9.45. The van der Waals surface area contributed by atoms with Gasteiger partial charge in [-0.25, -0.2) is 17.5 Å². The first-order chi connectivity index (χ1) is 10.0. The number of benzene rings is 1. The van der Waals surface area contributed by atoms with Crippen molar-refractivity contribution in [3.63, 3.8) is 0 Å². The fourth-order valence-corrected chi connectivity index (χ4v) is 2.50. The average molecular weight is 312 g/mol. The van der Waals surface area contributed by atoms with Crippen molar-refractivity contribution in [2.24, 2.45) is 0 Å². The predicted molar refractivity (Wildman–Crippen MR) is 76.8 cm³/mol. The lowest BCUT2D eigenvalue weighted by Crippen LogP contribution is -2.18. The third-order valence-electron chi connectivity index (χ3n) is 2.95. The average Bonchev–Trinajstić information content (AvgIpc) is 2.93. The van der Waals surface area contributed by atoms with E-state index in [0.717, 1.165) is 5.56 Å². The Morgan fingerprint density at radius 3 is 2.76 bits per heavy atom. The largest absolute Gasteiger partial charge is 0.447 e. The maximum absolute atomic E-state index is 13.0. The summed E-state index contributed by atoms with van der Waals surface area (Å²) in [4.78, 5) is 0. The minimum absolute atomic E-state index is 0.105. The second-order valence-corrected chi connectivity index (χ2v) is 6.30. The normalized spacial score (nSPS) is 11.7. The summed E-state index contributed by atoms with van der Waals surface area (Å²) in [5, 5.41) is 3.02. The van der Waals surface area contributed by atoms with Crippen molar-refractivity contribution in [1.82, 2.24) is 10.0 Å². The minimum Gasteiger partial charge on any atom is -0.447 e. The van der Waals surface area contributed by atoms with Crippen LogP contribution in [-0.2, 0) is 23.0 Å². The van der Waals surface area contributed by atoms with E-state index in [9.17, 15) is 12.8 Å². The Balaban J connectivity index is 1.82. The van der Waals surface area contributed by atoms with Crippen molar-refractivity contribution in [3.8, 4) is 0 Å². The van der Waals surface area contributed by atoms with Gasteiger partial charge in [-0.05, 0) is 49.8 Å².